The van der Waals surface area contributed by atoms with Gasteiger partial charge >= 0.3 is 6.18 Å². The van der Waals surface area contributed by atoms with Crippen LogP contribution in [0.2, 0.25) is 0 Å². The van der Waals surface area contributed by atoms with E-state index in [0.717, 1.165) is 12.1 Å². The van der Waals surface area contributed by atoms with Crippen molar-refractivity contribution < 1.29 is 40.6 Å². The Balaban J connectivity index is 1.54. The number of hydrogen-bond donors (Lipinski definition) is 0. The molecule has 0 N–H and O–H groups in total. The van der Waals surface area contributed by atoms with Crippen LogP contribution in [0.25, 0.3) is 0 Å². The number of hydrogen-bond acceptors (Lipinski definition) is 5. The summed E-state index contributed by atoms with van der Waals surface area (Å²) in [5, 5.41) is 0. The van der Waals surface area contributed by atoms with E-state index in [4.69, 9.17) is 9.47 Å². The van der Waals surface area contributed by atoms with Gasteiger partial charge in [-0.3, -0.25) is 9.69 Å². The lowest BCUT2D eigenvalue weighted by Crippen LogP contribution is -2.57. The van der Waals surface area contributed by atoms with Crippen molar-refractivity contribution in [1.82, 2.24) is 14.7 Å². The van der Waals surface area contributed by atoms with E-state index in [9.17, 15) is 31.1 Å². The number of likely N-dealkylation sites (tertiary alicyclic amines) is 1. The summed E-state index contributed by atoms with van der Waals surface area (Å²) in [7, 11) is 2.58. The number of halogens is 6. The number of ether oxygens (including phenoxy) is 2. The maximum atomic E-state index is 14.0. The Hall–Kier alpha value is -2.99. The fourth-order valence-electron chi connectivity index (χ4n) is 5.22. The van der Waals surface area contributed by atoms with Crippen molar-refractivity contribution in [2.45, 2.75) is 37.4 Å². The normalized spacial score (nSPS) is 20.4. The molecule has 0 bridgehead atoms. The number of carbonyl (C=O) groups is 1. The number of piperazine rings is 1. The Labute approximate surface area is 229 Å². The highest BCUT2D eigenvalue weighted by Gasteiger charge is 2.36. The van der Waals surface area contributed by atoms with Gasteiger partial charge in [-0.15, -0.1) is 0 Å². The summed E-state index contributed by atoms with van der Waals surface area (Å²) in [6.07, 6.45) is -4.70. The molecule has 12 heteroatoms. The quantitative estimate of drug-likeness (QED) is 0.418. The third kappa shape index (κ3) is 7.39. The predicted octanol–water partition coefficient (Wildman–Crippen LogP) is 4.96. The summed E-state index contributed by atoms with van der Waals surface area (Å²) in [6.45, 7) is 2.92. The number of nitrogens with zero attached hydrogens (tertiary/aromatic N) is 3. The lowest BCUT2D eigenvalue weighted by molar-refractivity contribution is -0.137. The Morgan fingerprint density at radius 2 is 1.65 bits per heavy atom. The summed E-state index contributed by atoms with van der Waals surface area (Å²) in [4.78, 5) is 19.3. The predicted molar refractivity (Wildman–Crippen MR) is 137 cm³/mol. The van der Waals surface area contributed by atoms with Gasteiger partial charge in [-0.25, -0.2) is 13.2 Å². The van der Waals surface area contributed by atoms with E-state index in [1.807, 2.05) is 4.90 Å². The van der Waals surface area contributed by atoms with Crippen LogP contribution in [0.5, 0.6) is 11.5 Å². The van der Waals surface area contributed by atoms with Gasteiger partial charge in [0.15, 0.2) is 11.6 Å². The van der Waals surface area contributed by atoms with E-state index in [-0.39, 0.29) is 36.4 Å². The van der Waals surface area contributed by atoms with Gasteiger partial charge in [0.05, 0.1) is 19.8 Å². The van der Waals surface area contributed by atoms with E-state index < -0.39 is 35.4 Å². The van der Waals surface area contributed by atoms with Crippen molar-refractivity contribution in [3.05, 3.63) is 58.9 Å². The van der Waals surface area contributed by atoms with E-state index in [1.165, 1.54) is 32.4 Å². The number of piperidine rings is 1. The molecule has 2 saturated heterocycles. The maximum absolute atomic E-state index is 14.0. The van der Waals surface area contributed by atoms with Gasteiger partial charge in [0.2, 0.25) is 0 Å². The molecule has 2 aromatic carbocycles. The third-order valence-electron chi connectivity index (χ3n) is 7.55. The summed E-state index contributed by atoms with van der Waals surface area (Å²) >= 11 is 0. The second-order valence-electron chi connectivity index (χ2n) is 10.3. The number of alkyl halides is 5. The van der Waals surface area contributed by atoms with Crippen molar-refractivity contribution in [3.63, 3.8) is 0 Å². The van der Waals surface area contributed by atoms with Crippen LogP contribution in [-0.4, -0.2) is 92.6 Å². The van der Waals surface area contributed by atoms with Gasteiger partial charge in [-0.2, -0.15) is 13.2 Å². The highest BCUT2D eigenvalue weighted by molar-refractivity contribution is 5.95. The molecule has 2 fully saturated rings. The number of carbonyl (C=O) groups excluding carboxylic acids is 1. The van der Waals surface area contributed by atoms with Crippen molar-refractivity contribution in [2.75, 3.05) is 60.0 Å². The molecule has 1 atom stereocenters. The fourth-order valence-corrected chi connectivity index (χ4v) is 5.22. The molecule has 0 saturated carbocycles. The van der Waals surface area contributed by atoms with E-state index >= 15 is 0 Å². The SMILES string of the molecule is COc1cc(C(=O)N2CCN(CCN3CCC(F)(F)CC3)C[C@H]2Cc2ccc(F)c(OC)c2)cc(C(F)(F)F)c1. The summed E-state index contributed by atoms with van der Waals surface area (Å²) in [6, 6.07) is 6.90. The zero-order valence-corrected chi connectivity index (χ0v) is 22.4. The third-order valence-corrected chi connectivity index (χ3v) is 7.55. The molecular weight excluding hydrogens is 540 g/mol. The molecule has 1 amide bonds. The first-order chi connectivity index (χ1) is 18.9. The molecule has 6 nitrogen and oxygen atoms in total. The molecule has 0 spiro atoms. The Morgan fingerprint density at radius 1 is 0.950 bits per heavy atom. The van der Waals surface area contributed by atoms with Crippen molar-refractivity contribution in [3.8, 4) is 11.5 Å². The highest BCUT2D eigenvalue weighted by atomic mass is 19.4. The first kappa shape index (κ1) is 30.0. The average Bonchev–Trinajstić information content (AvgIpc) is 2.92. The molecular formula is C28H33F6N3O3. The largest absolute Gasteiger partial charge is 0.497 e. The molecule has 2 aromatic rings. The number of amides is 1. The highest BCUT2D eigenvalue weighted by Crippen LogP contribution is 2.34. The van der Waals surface area contributed by atoms with Crippen LogP contribution < -0.4 is 9.47 Å². The molecule has 0 radical (unpaired) electrons. The van der Waals surface area contributed by atoms with Gasteiger partial charge in [-0.05, 0) is 42.3 Å². The van der Waals surface area contributed by atoms with Crippen LogP contribution in [0.1, 0.15) is 34.3 Å². The van der Waals surface area contributed by atoms with E-state index in [2.05, 4.69) is 4.90 Å². The molecule has 4 rings (SSSR count). The van der Waals surface area contributed by atoms with Crippen LogP contribution in [0, 0.1) is 5.82 Å². The topological polar surface area (TPSA) is 45.2 Å². The van der Waals surface area contributed by atoms with Crippen molar-refractivity contribution in [1.29, 1.82) is 0 Å². The zero-order valence-electron chi connectivity index (χ0n) is 22.4. The minimum absolute atomic E-state index is 0.0487. The Kier molecular flexibility index (Phi) is 9.19. The summed E-state index contributed by atoms with van der Waals surface area (Å²) in [5.74, 6) is -3.76. The van der Waals surface area contributed by atoms with Crippen LogP contribution in [0.15, 0.2) is 36.4 Å². The van der Waals surface area contributed by atoms with Gasteiger partial charge in [0, 0.05) is 70.3 Å². The number of methoxy groups -OCH3 is 2. The Bertz CT molecular complexity index is 1180. The second-order valence-corrected chi connectivity index (χ2v) is 10.3. The van der Waals surface area contributed by atoms with Gasteiger partial charge < -0.3 is 19.3 Å². The number of rotatable bonds is 8. The average molecular weight is 574 g/mol. The van der Waals surface area contributed by atoms with E-state index in [1.54, 1.807) is 11.0 Å². The number of benzene rings is 2. The van der Waals surface area contributed by atoms with Gasteiger partial charge in [-0.1, -0.05) is 6.07 Å². The van der Waals surface area contributed by atoms with Gasteiger partial charge in [0.1, 0.15) is 5.75 Å². The Morgan fingerprint density at radius 3 is 2.30 bits per heavy atom. The molecule has 220 valence electrons. The van der Waals surface area contributed by atoms with Crippen LogP contribution in [0.4, 0.5) is 26.3 Å². The lowest BCUT2D eigenvalue weighted by Gasteiger charge is -2.42. The lowest BCUT2D eigenvalue weighted by atomic mass is 9.99. The summed E-state index contributed by atoms with van der Waals surface area (Å²) < 4.78 is 91.7. The van der Waals surface area contributed by atoms with Crippen molar-refractivity contribution in [2.24, 2.45) is 0 Å². The molecule has 0 aromatic heterocycles. The molecule has 2 aliphatic rings. The molecule has 2 aliphatic heterocycles. The minimum Gasteiger partial charge on any atom is -0.497 e. The van der Waals surface area contributed by atoms with Crippen molar-refractivity contribution >= 4 is 5.91 Å². The standard InChI is InChI=1S/C28H33F6N3O3/c1-39-23-16-20(15-21(17-23)28(32,33)34)26(38)37-12-11-36(10-9-35-7-5-27(30,31)6-8-35)18-22(37)13-19-3-4-24(29)25(14-19)40-2/h3-4,14-17,22H,5-13,18H2,1-2H3/t22-/m1/s1. The molecule has 0 aliphatic carbocycles. The fraction of sp³-hybridized carbons (Fsp3) is 0.536. The second kappa shape index (κ2) is 12.3. The first-order valence-electron chi connectivity index (χ1n) is 13.1. The van der Waals surface area contributed by atoms with Crippen LogP contribution >= 0.6 is 0 Å². The first-order valence-corrected chi connectivity index (χ1v) is 13.1. The maximum Gasteiger partial charge on any atom is 0.416 e. The van der Waals surface area contributed by atoms with Crippen LogP contribution in [-0.2, 0) is 12.6 Å². The molecule has 40 heavy (non-hydrogen) atoms. The molecule has 2 heterocycles. The van der Waals surface area contributed by atoms with Crippen LogP contribution in [0.3, 0.4) is 0 Å². The smallest absolute Gasteiger partial charge is 0.416 e. The van der Waals surface area contributed by atoms with E-state index in [0.29, 0.717) is 51.3 Å². The van der Waals surface area contributed by atoms with Gasteiger partial charge in [0.25, 0.3) is 11.8 Å². The monoisotopic (exact) mass is 573 g/mol. The zero-order chi connectivity index (χ0) is 29.1. The summed E-state index contributed by atoms with van der Waals surface area (Å²) in [5.41, 5.74) is -0.431. The minimum atomic E-state index is -4.66. The molecule has 0 unspecified atom stereocenters.